The Morgan fingerprint density at radius 2 is 2.22 bits per heavy atom. The van der Waals surface area contributed by atoms with E-state index in [4.69, 9.17) is 21.1 Å². The third kappa shape index (κ3) is 3.53. The molecule has 1 aromatic rings. The highest BCUT2D eigenvalue weighted by molar-refractivity contribution is 6.32. The van der Waals surface area contributed by atoms with Gasteiger partial charge in [-0.15, -0.1) is 0 Å². The fraction of sp³-hybridized carbons (Fsp3) is 0.455. The number of methoxy groups -OCH3 is 1. The lowest BCUT2D eigenvalue weighted by Gasteiger charge is -2.10. The van der Waals surface area contributed by atoms with E-state index in [0.717, 1.165) is 0 Å². The molecule has 0 N–H and O–H groups in total. The van der Waals surface area contributed by atoms with Gasteiger partial charge < -0.3 is 9.47 Å². The summed E-state index contributed by atoms with van der Waals surface area (Å²) in [7, 11) is 1.30. The number of nitrogens with zero attached hydrogens (tertiary/aromatic N) is 1. The van der Waals surface area contributed by atoms with Crippen LogP contribution < -0.4 is 4.74 Å². The lowest BCUT2D eigenvalue weighted by molar-refractivity contribution is -0.142. The van der Waals surface area contributed by atoms with Gasteiger partial charge in [-0.25, -0.2) is 13.8 Å². The van der Waals surface area contributed by atoms with Gasteiger partial charge in [0.15, 0.2) is 0 Å². The zero-order valence-corrected chi connectivity index (χ0v) is 10.6. The fourth-order valence-electron chi connectivity index (χ4n) is 1.32. The summed E-state index contributed by atoms with van der Waals surface area (Å²) < 4.78 is 35.0. The number of alkyl halides is 2. The monoisotopic (exact) mass is 279 g/mol. The van der Waals surface area contributed by atoms with Crippen LogP contribution in [0.25, 0.3) is 0 Å². The van der Waals surface area contributed by atoms with Crippen molar-refractivity contribution < 1.29 is 23.0 Å². The molecular formula is C11H12ClF2NO3. The van der Waals surface area contributed by atoms with Crippen LogP contribution in [0.5, 0.6) is 5.75 Å². The first-order chi connectivity index (χ1) is 8.49. The molecule has 0 saturated heterocycles. The Hall–Kier alpha value is -1.43. The van der Waals surface area contributed by atoms with Crippen molar-refractivity contribution in [3.05, 3.63) is 22.5 Å². The molecule has 0 aromatic carbocycles. The van der Waals surface area contributed by atoms with Gasteiger partial charge in [0, 0.05) is 6.07 Å². The van der Waals surface area contributed by atoms with E-state index in [1.165, 1.54) is 13.2 Å². The fourth-order valence-corrected chi connectivity index (χ4v) is 1.58. The molecule has 0 unspecified atom stereocenters. The minimum Gasteiger partial charge on any atom is -0.495 e. The molecule has 0 aliphatic rings. The van der Waals surface area contributed by atoms with Crippen LogP contribution in [-0.4, -0.2) is 24.7 Å². The molecule has 0 bridgehead atoms. The second kappa shape index (κ2) is 6.49. The van der Waals surface area contributed by atoms with Gasteiger partial charge >= 0.3 is 5.97 Å². The molecule has 0 fully saturated rings. The Kier molecular flexibility index (Phi) is 5.27. The largest absolute Gasteiger partial charge is 0.495 e. The Morgan fingerprint density at radius 1 is 1.56 bits per heavy atom. The number of carbonyl (C=O) groups excluding carboxylic acids is 1. The highest BCUT2D eigenvalue weighted by atomic mass is 35.5. The maximum Gasteiger partial charge on any atom is 0.311 e. The van der Waals surface area contributed by atoms with Crippen LogP contribution >= 0.6 is 11.6 Å². The molecule has 100 valence electrons. The highest BCUT2D eigenvalue weighted by Gasteiger charge is 2.20. The van der Waals surface area contributed by atoms with Gasteiger partial charge in [-0.1, -0.05) is 11.6 Å². The lowest BCUT2D eigenvalue weighted by Crippen LogP contribution is -2.10. The van der Waals surface area contributed by atoms with E-state index < -0.39 is 18.1 Å². The SMILES string of the molecule is CCOC(=O)Cc1cc(OC)c(Cl)c(C(F)F)n1. The summed E-state index contributed by atoms with van der Waals surface area (Å²) in [6.45, 7) is 1.86. The Balaban J connectivity index is 3.06. The second-order valence-electron chi connectivity index (χ2n) is 3.30. The highest BCUT2D eigenvalue weighted by Crippen LogP contribution is 2.33. The van der Waals surface area contributed by atoms with Crippen LogP contribution in [0, 0.1) is 0 Å². The number of rotatable bonds is 5. The molecule has 4 nitrogen and oxygen atoms in total. The molecule has 0 radical (unpaired) electrons. The second-order valence-corrected chi connectivity index (χ2v) is 3.68. The van der Waals surface area contributed by atoms with E-state index in [9.17, 15) is 13.6 Å². The molecule has 1 aromatic heterocycles. The van der Waals surface area contributed by atoms with Crippen molar-refractivity contribution >= 4 is 17.6 Å². The van der Waals surface area contributed by atoms with Crippen molar-refractivity contribution in [2.24, 2.45) is 0 Å². The summed E-state index contributed by atoms with van der Waals surface area (Å²) in [5.74, 6) is -0.490. The van der Waals surface area contributed by atoms with Gasteiger partial charge in [-0.3, -0.25) is 4.79 Å². The van der Waals surface area contributed by atoms with E-state index >= 15 is 0 Å². The molecule has 1 rings (SSSR count). The van der Waals surface area contributed by atoms with Gasteiger partial charge in [0.1, 0.15) is 16.5 Å². The van der Waals surface area contributed by atoms with E-state index in [0.29, 0.717) is 0 Å². The zero-order valence-electron chi connectivity index (χ0n) is 9.87. The van der Waals surface area contributed by atoms with Crippen molar-refractivity contribution in [2.45, 2.75) is 19.8 Å². The number of carbonyl (C=O) groups is 1. The minimum atomic E-state index is -2.84. The number of ether oxygens (including phenoxy) is 2. The maximum absolute atomic E-state index is 12.7. The predicted molar refractivity (Wildman–Crippen MR) is 61.1 cm³/mol. The van der Waals surface area contributed by atoms with Crippen LogP contribution in [0.1, 0.15) is 24.7 Å². The lowest BCUT2D eigenvalue weighted by atomic mass is 10.2. The molecule has 0 aliphatic carbocycles. The third-order valence-electron chi connectivity index (χ3n) is 2.06. The van der Waals surface area contributed by atoms with E-state index in [-0.39, 0.29) is 29.5 Å². The van der Waals surface area contributed by atoms with Crippen molar-refractivity contribution in [3.63, 3.8) is 0 Å². The van der Waals surface area contributed by atoms with E-state index in [1.807, 2.05) is 0 Å². The molecule has 0 saturated carbocycles. The maximum atomic E-state index is 12.7. The Morgan fingerprint density at radius 3 is 2.72 bits per heavy atom. The van der Waals surface area contributed by atoms with Gasteiger partial charge in [0.25, 0.3) is 6.43 Å². The number of hydrogen-bond donors (Lipinski definition) is 0. The van der Waals surface area contributed by atoms with E-state index in [1.54, 1.807) is 6.92 Å². The number of halogens is 3. The molecule has 0 atom stereocenters. The summed E-state index contributed by atoms with van der Waals surface area (Å²) in [5.41, 5.74) is -0.472. The minimum absolute atomic E-state index is 0.0567. The standard InChI is InChI=1S/C11H12ClF2NO3/c1-3-18-8(16)5-6-4-7(17-2)9(12)10(15-6)11(13)14/h4,11H,3,5H2,1-2H3. The normalized spacial score (nSPS) is 10.6. The van der Waals surface area contributed by atoms with Gasteiger partial charge in [-0.2, -0.15) is 0 Å². The first kappa shape index (κ1) is 14.6. The van der Waals surface area contributed by atoms with Gasteiger partial charge in [0.05, 0.1) is 25.8 Å². The van der Waals surface area contributed by atoms with Gasteiger partial charge in [-0.05, 0) is 6.92 Å². The first-order valence-corrected chi connectivity index (χ1v) is 5.54. The molecule has 7 heteroatoms. The number of esters is 1. The van der Waals surface area contributed by atoms with Gasteiger partial charge in [0.2, 0.25) is 0 Å². The zero-order chi connectivity index (χ0) is 13.7. The van der Waals surface area contributed by atoms with Crippen molar-refractivity contribution in [2.75, 3.05) is 13.7 Å². The summed E-state index contributed by atoms with van der Waals surface area (Å²) in [4.78, 5) is 14.9. The molecule has 0 aliphatic heterocycles. The molecule has 1 heterocycles. The number of aromatic nitrogens is 1. The van der Waals surface area contributed by atoms with Crippen molar-refractivity contribution in [3.8, 4) is 5.75 Å². The number of pyridine rings is 1. The smallest absolute Gasteiger partial charge is 0.311 e. The average molecular weight is 280 g/mol. The molecule has 18 heavy (non-hydrogen) atoms. The topological polar surface area (TPSA) is 48.4 Å². The van der Waals surface area contributed by atoms with Crippen molar-refractivity contribution in [1.29, 1.82) is 0 Å². The third-order valence-corrected chi connectivity index (χ3v) is 2.44. The summed E-state index contributed by atoms with van der Waals surface area (Å²) in [6.07, 6.45) is -3.05. The Labute approximate surface area is 108 Å². The van der Waals surface area contributed by atoms with Crippen LogP contribution in [0.15, 0.2) is 6.07 Å². The molecular weight excluding hydrogens is 268 g/mol. The van der Waals surface area contributed by atoms with Crippen LogP contribution in [0.3, 0.4) is 0 Å². The first-order valence-electron chi connectivity index (χ1n) is 5.16. The average Bonchev–Trinajstić information content (AvgIpc) is 2.31. The van der Waals surface area contributed by atoms with Crippen molar-refractivity contribution in [1.82, 2.24) is 4.98 Å². The Bertz CT molecular complexity index is 441. The summed E-state index contributed by atoms with van der Waals surface area (Å²) in [6, 6.07) is 1.34. The summed E-state index contributed by atoms with van der Waals surface area (Å²) in [5, 5.41) is -0.250. The molecule has 0 spiro atoms. The quantitative estimate of drug-likeness (QED) is 0.778. The van der Waals surface area contributed by atoms with Crippen LogP contribution in [0.2, 0.25) is 5.02 Å². The van der Waals surface area contributed by atoms with E-state index in [2.05, 4.69) is 4.98 Å². The van der Waals surface area contributed by atoms with Crippen LogP contribution in [0.4, 0.5) is 8.78 Å². The number of hydrogen-bond acceptors (Lipinski definition) is 4. The molecule has 0 amide bonds. The summed E-state index contributed by atoms with van der Waals surface area (Å²) >= 11 is 5.69. The predicted octanol–water partition coefficient (Wildman–Crippen LogP) is 2.79. The van der Waals surface area contributed by atoms with Crippen LogP contribution in [-0.2, 0) is 16.0 Å².